The molecule has 0 unspecified atom stereocenters. The Morgan fingerprint density at radius 2 is 0.608 bits per heavy atom. The van der Waals surface area contributed by atoms with Crippen molar-refractivity contribution >= 4 is 91.3 Å². The monoisotopic (exact) mass is 975 g/mol. The number of benzene rings is 7. The van der Waals surface area contributed by atoms with Crippen LogP contribution in [0.5, 0.6) is 23.0 Å². The SMILES string of the molecule is CC(C)(C)c1ccc2c(c1)Oc1cc3c(cc1B1N2c2cc(C(C)(C)C)cc4c5cc(C(C)(C)C)ccc5n1c24)Oc1cc(C(C)(C)C)ccc1N1B3n2c3ccc(C(C)(C)C)cc3c3cc(C(C)(C)C)cc1c32. The van der Waals surface area contributed by atoms with E-state index in [1.54, 1.807) is 0 Å². The first-order valence-electron chi connectivity index (χ1n) is 27.1. The van der Waals surface area contributed by atoms with E-state index in [0.29, 0.717) is 0 Å². The van der Waals surface area contributed by atoms with E-state index in [-0.39, 0.29) is 46.5 Å². The van der Waals surface area contributed by atoms with Gasteiger partial charge >= 0.3 is 14.0 Å². The van der Waals surface area contributed by atoms with E-state index in [1.165, 1.54) is 88.4 Å². The van der Waals surface area contributed by atoms with Crippen LogP contribution in [0.1, 0.15) is 158 Å². The summed E-state index contributed by atoms with van der Waals surface area (Å²) in [6.45, 7) is 41.2. The third kappa shape index (κ3) is 6.70. The van der Waals surface area contributed by atoms with Gasteiger partial charge in [0.25, 0.3) is 0 Å². The van der Waals surface area contributed by atoms with E-state index in [9.17, 15) is 0 Å². The fourth-order valence-corrected chi connectivity index (χ4v) is 12.5. The summed E-state index contributed by atoms with van der Waals surface area (Å²) in [4.78, 5) is 5.16. The van der Waals surface area contributed by atoms with Crippen LogP contribution in [-0.4, -0.2) is 22.9 Å². The van der Waals surface area contributed by atoms with Crippen LogP contribution in [0.4, 0.5) is 22.7 Å². The van der Waals surface area contributed by atoms with Crippen molar-refractivity contribution in [2.45, 2.75) is 157 Å². The highest BCUT2D eigenvalue weighted by molar-refractivity contribution is 6.83. The van der Waals surface area contributed by atoms with Gasteiger partial charge in [-0.3, -0.25) is 0 Å². The minimum Gasteiger partial charge on any atom is -0.456 e. The molecule has 4 aliphatic rings. The van der Waals surface area contributed by atoms with Crippen LogP contribution in [0.3, 0.4) is 0 Å². The first kappa shape index (κ1) is 47.2. The zero-order valence-electron chi connectivity index (χ0n) is 47.2. The molecule has 0 fully saturated rings. The second-order valence-corrected chi connectivity index (χ2v) is 28.5. The zero-order chi connectivity index (χ0) is 52.5. The summed E-state index contributed by atoms with van der Waals surface area (Å²) in [5.41, 5.74) is 18.9. The molecule has 6 nitrogen and oxygen atoms in total. The summed E-state index contributed by atoms with van der Waals surface area (Å²) in [5.74, 6) is 3.40. The van der Waals surface area contributed by atoms with E-state index < -0.39 is 0 Å². The van der Waals surface area contributed by atoms with Crippen LogP contribution < -0.4 is 30.0 Å². The summed E-state index contributed by atoms with van der Waals surface area (Å²) in [6, 6.07) is 42.9. The Morgan fingerprint density at radius 3 is 0.946 bits per heavy atom. The van der Waals surface area contributed by atoms with Crippen molar-refractivity contribution < 1.29 is 9.47 Å². The molecular weight excluding hydrogens is 902 g/mol. The molecule has 0 amide bonds. The third-order valence-corrected chi connectivity index (χ3v) is 17.0. The summed E-state index contributed by atoms with van der Waals surface area (Å²) >= 11 is 0. The third-order valence-electron chi connectivity index (χ3n) is 17.0. The smallest absolute Gasteiger partial charge is 0.424 e. The first-order chi connectivity index (χ1) is 34.5. The Morgan fingerprint density at radius 1 is 0.297 bits per heavy atom. The van der Waals surface area contributed by atoms with Crippen LogP contribution in [-0.2, 0) is 32.5 Å². The van der Waals surface area contributed by atoms with E-state index >= 15 is 0 Å². The lowest BCUT2D eigenvalue weighted by atomic mass is 9.61. The predicted molar refractivity (Wildman–Crippen MR) is 316 cm³/mol. The molecule has 0 aliphatic carbocycles. The van der Waals surface area contributed by atoms with Gasteiger partial charge in [0.05, 0.1) is 33.8 Å². The average molecular weight is 975 g/mol. The number of fused-ring (bicyclic) bond motifs is 20. The maximum Gasteiger partial charge on any atom is 0.424 e. The van der Waals surface area contributed by atoms with Crippen molar-refractivity contribution in [1.29, 1.82) is 0 Å². The standard InChI is InChI=1S/C66H72B2N4O2/c1-61(2,3)37-19-23-49-43(27-37)45-29-41(65(13,14)15)31-53-59(45)71(49)67-47-35-56-48(36-55(47)73-57-33-39(63(7,8)9)21-25-51(57)69(53)67)68-70(52-26-22-40(64(10,11)12)34-58(52)74-56)54-32-42(66(16,17)18)30-46-44-28-38(62(4,5)6)20-24-50(44)72(68)60(46)54/h19-36H,1-18H3. The molecule has 6 heterocycles. The zero-order valence-corrected chi connectivity index (χ0v) is 47.2. The Bertz CT molecular complexity index is 3690. The van der Waals surface area contributed by atoms with Crippen molar-refractivity contribution in [3.05, 3.63) is 143 Å². The van der Waals surface area contributed by atoms with E-state index in [1.807, 2.05) is 0 Å². The number of hydrogen-bond acceptors (Lipinski definition) is 4. The molecule has 0 radical (unpaired) electrons. The van der Waals surface area contributed by atoms with Gasteiger partial charge in [-0.15, -0.1) is 0 Å². The molecule has 13 rings (SSSR count). The number of ether oxygens (including phenoxy) is 2. The number of aromatic nitrogens is 2. The molecule has 4 aliphatic heterocycles. The number of hydrogen-bond donors (Lipinski definition) is 0. The molecule has 8 heteroatoms. The lowest BCUT2D eigenvalue weighted by molar-refractivity contribution is 0.475. The predicted octanol–water partition coefficient (Wildman–Crippen LogP) is 16.7. The second kappa shape index (κ2) is 14.6. The highest BCUT2D eigenvalue weighted by Crippen LogP contribution is 2.55. The van der Waals surface area contributed by atoms with Crippen molar-refractivity contribution in [3.8, 4) is 23.0 Å². The largest absolute Gasteiger partial charge is 0.456 e. The molecule has 9 aromatic rings. The highest BCUT2D eigenvalue weighted by atomic mass is 16.5. The van der Waals surface area contributed by atoms with Gasteiger partial charge in [0.2, 0.25) is 0 Å². The van der Waals surface area contributed by atoms with Crippen LogP contribution in [0.15, 0.2) is 109 Å². The number of anilines is 4. The number of nitrogens with zero attached hydrogens (tertiary/aromatic N) is 4. The maximum atomic E-state index is 7.63. The van der Waals surface area contributed by atoms with Gasteiger partial charge < -0.3 is 28.1 Å². The Labute approximate surface area is 439 Å². The molecule has 0 N–H and O–H groups in total. The van der Waals surface area contributed by atoms with Crippen molar-refractivity contribution in [2.24, 2.45) is 0 Å². The van der Waals surface area contributed by atoms with Gasteiger partial charge in [-0.1, -0.05) is 149 Å². The lowest BCUT2D eigenvalue weighted by Crippen LogP contribution is -2.51. The molecule has 0 bridgehead atoms. The lowest BCUT2D eigenvalue weighted by Gasteiger charge is -2.29. The Kier molecular flexibility index (Phi) is 9.34. The average Bonchev–Trinajstić information content (AvgIpc) is 3.98. The molecule has 374 valence electrons. The molecule has 7 aromatic carbocycles. The molecule has 0 saturated heterocycles. The topological polar surface area (TPSA) is 34.8 Å². The van der Waals surface area contributed by atoms with Crippen molar-refractivity contribution in [1.82, 2.24) is 8.96 Å². The van der Waals surface area contributed by atoms with Crippen molar-refractivity contribution in [2.75, 3.05) is 9.62 Å². The maximum absolute atomic E-state index is 7.63. The Balaban J connectivity index is 1.15. The first-order valence-corrected chi connectivity index (χ1v) is 27.1. The molecular formula is C66H72B2N4O2. The van der Waals surface area contributed by atoms with E-state index in [0.717, 1.165) is 45.3 Å². The van der Waals surface area contributed by atoms with Crippen LogP contribution in [0, 0.1) is 0 Å². The van der Waals surface area contributed by atoms with Gasteiger partial charge in [-0.25, -0.2) is 0 Å². The van der Waals surface area contributed by atoms with Crippen LogP contribution in [0.2, 0.25) is 0 Å². The fraction of sp³-hybridized carbons (Fsp3) is 0.364. The van der Waals surface area contributed by atoms with Crippen LogP contribution in [0.25, 0.3) is 43.6 Å². The van der Waals surface area contributed by atoms with Gasteiger partial charge in [-0.05, 0) is 151 Å². The van der Waals surface area contributed by atoms with Gasteiger partial charge in [0.1, 0.15) is 23.0 Å². The number of rotatable bonds is 0. The molecule has 0 atom stereocenters. The minimum absolute atomic E-state index is 0.0126. The summed E-state index contributed by atoms with van der Waals surface area (Å²) in [5, 5.41) is 5.16. The molecule has 2 aromatic heterocycles. The van der Waals surface area contributed by atoms with Crippen LogP contribution >= 0.6 is 0 Å². The summed E-state index contributed by atoms with van der Waals surface area (Å²) < 4.78 is 20.5. The van der Waals surface area contributed by atoms with E-state index in [2.05, 4.69) is 252 Å². The normalized spacial score (nSPS) is 15.3. The molecule has 74 heavy (non-hydrogen) atoms. The van der Waals surface area contributed by atoms with Gasteiger partial charge in [0.15, 0.2) is 0 Å². The fourth-order valence-electron chi connectivity index (χ4n) is 12.5. The van der Waals surface area contributed by atoms with E-state index in [4.69, 9.17) is 9.47 Å². The van der Waals surface area contributed by atoms with Gasteiger partial charge in [0, 0.05) is 43.5 Å². The quantitative estimate of drug-likeness (QED) is 0.142. The highest BCUT2D eigenvalue weighted by Gasteiger charge is 2.50. The minimum atomic E-state index is -0.281. The molecule has 0 saturated carbocycles. The van der Waals surface area contributed by atoms with Gasteiger partial charge in [-0.2, -0.15) is 0 Å². The van der Waals surface area contributed by atoms with Crippen molar-refractivity contribution in [3.63, 3.8) is 0 Å². The summed E-state index contributed by atoms with van der Waals surface area (Å²) in [7, 11) is 0. The Hall–Kier alpha value is -6.53. The molecule has 0 spiro atoms. The second-order valence-electron chi connectivity index (χ2n) is 28.5. The summed E-state index contributed by atoms with van der Waals surface area (Å²) in [6.07, 6.45) is 0.